The van der Waals surface area contributed by atoms with Crippen LogP contribution in [0.1, 0.15) is 23.1 Å². The Balaban J connectivity index is 2.06. The highest BCUT2D eigenvalue weighted by Crippen LogP contribution is 2.35. The molecule has 0 bridgehead atoms. The van der Waals surface area contributed by atoms with Crippen LogP contribution < -0.4 is 14.8 Å². The fourth-order valence-corrected chi connectivity index (χ4v) is 3.49. The maximum Gasteiger partial charge on any atom is 0.278 e. The van der Waals surface area contributed by atoms with Crippen LogP contribution in [0.4, 0.5) is 5.69 Å². The molecular weight excluding hydrogens is 396 g/mol. The number of amides is 2. The first kappa shape index (κ1) is 22.4. The van der Waals surface area contributed by atoms with Crippen molar-refractivity contribution in [3.05, 3.63) is 58.8 Å². The second kappa shape index (κ2) is 9.66. The summed E-state index contributed by atoms with van der Waals surface area (Å²) in [7, 11) is 4.67. The van der Waals surface area contributed by atoms with Crippen LogP contribution in [0.15, 0.2) is 42.1 Å². The zero-order chi connectivity index (χ0) is 22.5. The predicted octanol–water partition coefficient (Wildman–Crippen LogP) is 3.55. The second-order valence-corrected chi connectivity index (χ2v) is 7.35. The van der Waals surface area contributed by atoms with Crippen molar-refractivity contribution in [1.82, 2.24) is 4.90 Å². The fraction of sp³-hybridized carbons (Fsp3) is 0.333. The number of nitrogens with zero attached hydrogens (tertiary/aromatic N) is 1. The van der Waals surface area contributed by atoms with Gasteiger partial charge in [0.15, 0.2) is 11.5 Å². The molecule has 0 spiro atoms. The van der Waals surface area contributed by atoms with E-state index in [0.717, 1.165) is 16.8 Å². The Kier molecular flexibility index (Phi) is 6.97. The lowest BCUT2D eigenvalue weighted by Crippen LogP contribution is -2.33. The highest BCUT2D eigenvalue weighted by atomic mass is 16.5. The van der Waals surface area contributed by atoms with E-state index in [9.17, 15) is 9.59 Å². The minimum Gasteiger partial charge on any atom is -0.493 e. The molecule has 7 nitrogen and oxygen atoms in total. The van der Waals surface area contributed by atoms with Crippen molar-refractivity contribution in [2.45, 2.75) is 20.3 Å². The van der Waals surface area contributed by atoms with E-state index in [2.05, 4.69) is 5.32 Å². The van der Waals surface area contributed by atoms with Crippen LogP contribution in [0.2, 0.25) is 0 Å². The number of ether oxygens (including phenoxy) is 3. The number of anilines is 1. The third-order valence-electron chi connectivity index (χ3n) is 5.35. The zero-order valence-corrected chi connectivity index (χ0v) is 18.6. The molecule has 0 fully saturated rings. The molecule has 2 aromatic carbocycles. The molecule has 1 N–H and O–H groups in total. The van der Waals surface area contributed by atoms with Crippen molar-refractivity contribution in [2.24, 2.45) is 0 Å². The molecule has 0 atom stereocenters. The van der Waals surface area contributed by atoms with Crippen molar-refractivity contribution >= 4 is 23.1 Å². The van der Waals surface area contributed by atoms with Gasteiger partial charge in [0.1, 0.15) is 5.70 Å². The standard InChI is InChI=1S/C24H28N2O5/c1-15-7-9-18(13-16(15)2)25-22-21(17-8-10-19(30-4)20(14-17)31-5)23(27)26(24(22)28)11-6-12-29-3/h7-10,13-14,25H,6,11-12H2,1-5H3. The Bertz CT molecular complexity index is 1030. The van der Waals surface area contributed by atoms with Crippen molar-refractivity contribution in [2.75, 3.05) is 39.8 Å². The molecule has 1 heterocycles. The largest absolute Gasteiger partial charge is 0.493 e. The summed E-state index contributed by atoms with van der Waals surface area (Å²) in [6, 6.07) is 11.0. The molecule has 0 aromatic heterocycles. The van der Waals surface area contributed by atoms with Gasteiger partial charge in [-0.2, -0.15) is 0 Å². The molecule has 0 aliphatic carbocycles. The minimum atomic E-state index is -0.357. The average Bonchev–Trinajstić information content (AvgIpc) is 3.00. The van der Waals surface area contributed by atoms with Gasteiger partial charge in [-0.05, 0) is 61.2 Å². The van der Waals surface area contributed by atoms with Crippen molar-refractivity contribution in [3.8, 4) is 11.5 Å². The first-order valence-electron chi connectivity index (χ1n) is 10.1. The molecule has 7 heteroatoms. The molecule has 0 radical (unpaired) electrons. The first-order chi connectivity index (χ1) is 14.9. The minimum absolute atomic E-state index is 0.248. The Morgan fingerprint density at radius 1 is 0.871 bits per heavy atom. The van der Waals surface area contributed by atoms with Gasteiger partial charge in [0, 0.05) is 25.9 Å². The maximum atomic E-state index is 13.3. The van der Waals surface area contributed by atoms with E-state index in [-0.39, 0.29) is 24.1 Å². The summed E-state index contributed by atoms with van der Waals surface area (Å²) in [6.45, 7) is 4.76. The van der Waals surface area contributed by atoms with E-state index < -0.39 is 0 Å². The molecule has 164 valence electrons. The summed E-state index contributed by atoms with van der Waals surface area (Å²) in [5, 5.41) is 3.19. The van der Waals surface area contributed by atoms with Crippen LogP contribution in [-0.4, -0.2) is 51.2 Å². The third kappa shape index (κ3) is 4.56. The molecule has 2 aromatic rings. The number of rotatable bonds is 9. The van der Waals surface area contributed by atoms with Crippen LogP contribution in [0.5, 0.6) is 11.5 Å². The SMILES string of the molecule is COCCCN1C(=O)C(Nc2ccc(C)c(C)c2)=C(c2ccc(OC)c(OC)c2)C1=O. The molecular formula is C24H28N2O5. The Hall–Kier alpha value is -3.32. The number of hydrogen-bond donors (Lipinski definition) is 1. The molecule has 0 unspecified atom stereocenters. The van der Waals surface area contributed by atoms with E-state index >= 15 is 0 Å². The number of imide groups is 1. The van der Waals surface area contributed by atoms with Gasteiger partial charge in [0.05, 0.1) is 19.8 Å². The number of carbonyl (C=O) groups is 2. The van der Waals surface area contributed by atoms with Gasteiger partial charge >= 0.3 is 0 Å². The van der Waals surface area contributed by atoms with E-state index in [1.54, 1.807) is 32.4 Å². The summed E-state index contributed by atoms with van der Waals surface area (Å²) >= 11 is 0. The van der Waals surface area contributed by atoms with E-state index in [0.29, 0.717) is 35.7 Å². The molecule has 1 aliphatic heterocycles. The van der Waals surface area contributed by atoms with Gasteiger partial charge in [0.25, 0.3) is 11.8 Å². The molecule has 0 saturated heterocycles. The molecule has 3 rings (SSSR count). The summed E-state index contributed by atoms with van der Waals surface area (Å²) in [5.41, 5.74) is 4.12. The smallest absolute Gasteiger partial charge is 0.278 e. The first-order valence-corrected chi connectivity index (χ1v) is 10.1. The molecule has 2 amide bonds. The topological polar surface area (TPSA) is 77.1 Å². The third-order valence-corrected chi connectivity index (χ3v) is 5.35. The lowest BCUT2D eigenvalue weighted by molar-refractivity contribution is -0.136. The maximum absolute atomic E-state index is 13.3. The number of aryl methyl sites for hydroxylation is 2. The number of benzene rings is 2. The lowest BCUT2D eigenvalue weighted by Gasteiger charge is -2.15. The van der Waals surface area contributed by atoms with Gasteiger partial charge in [-0.15, -0.1) is 0 Å². The summed E-state index contributed by atoms with van der Waals surface area (Å²) in [4.78, 5) is 27.8. The van der Waals surface area contributed by atoms with Gasteiger partial charge in [-0.3, -0.25) is 14.5 Å². The summed E-state index contributed by atoms with van der Waals surface area (Å²) in [5.74, 6) is 0.323. The average molecular weight is 424 g/mol. The van der Waals surface area contributed by atoms with Crippen molar-refractivity contribution in [1.29, 1.82) is 0 Å². The van der Waals surface area contributed by atoms with E-state index in [4.69, 9.17) is 14.2 Å². The van der Waals surface area contributed by atoms with E-state index in [1.807, 2.05) is 32.0 Å². The van der Waals surface area contributed by atoms with Crippen molar-refractivity contribution < 1.29 is 23.8 Å². The van der Waals surface area contributed by atoms with Gasteiger partial charge in [-0.25, -0.2) is 0 Å². The molecule has 31 heavy (non-hydrogen) atoms. The second-order valence-electron chi connectivity index (χ2n) is 7.35. The quantitative estimate of drug-likeness (QED) is 0.490. The molecule has 0 saturated carbocycles. The fourth-order valence-electron chi connectivity index (χ4n) is 3.49. The Labute approximate surface area is 182 Å². The van der Waals surface area contributed by atoms with Crippen LogP contribution in [0.3, 0.4) is 0 Å². The summed E-state index contributed by atoms with van der Waals surface area (Å²) < 4.78 is 15.8. The van der Waals surface area contributed by atoms with Crippen LogP contribution in [0, 0.1) is 13.8 Å². The highest BCUT2D eigenvalue weighted by Gasteiger charge is 2.39. The lowest BCUT2D eigenvalue weighted by atomic mass is 10.0. The number of nitrogens with one attached hydrogen (secondary N) is 1. The highest BCUT2D eigenvalue weighted by molar-refractivity contribution is 6.36. The van der Waals surface area contributed by atoms with Gasteiger partial charge < -0.3 is 19.5 Å². The Morgan fingerprint density at radius 3 is 2.26 bits per heavy atom. The number of carbonyl (C=O) groups excluding carboxylic acids is 2. The number of hydrogen-bond acceptors (Lipinski definition) is 6. The predicted molar refractivity (Wildman–Crippen MR) is 119 cm³/mol. The van der Waals surface area contributed by atoms with Crippen LogP contribution in [0.25, 0.3) is 5.57 Å². The van der Waals surface area contributed by atoms with Gasteiger partial charge in [0.2, 0.25) is 0 Å². The van der Waals surface area contributed by atoms with E-state index in [1.165, 1.54) is 12.0 Å². The zero-order valence-electron chi connectivity index (χ0n) is 18.6. The molecule has 1 aliphatic rings. The normalized spacial score (nSPS) is 13.8. The van der Waals surface area contributed by atoms with Gasteiger partial charge in [-0.1, -0.05) is 12.1 Å². The monoisotopic (exact) mass is 424 g/mol. The van der Waals surface area contributed by atoms with Crippen LogP contribution in [-0.2, 0) is 14.3 Å². The van der Waals surface area contributed by atoms with Crippen molar-refractivity contribution in [3.63, 3.8) is 0 Å². The number of methoxy groups -OCH3 is 3. The Morgan fingerprint density at radius 2 is 1.61 bits per heavy atom. The summed E-state index contributed by atoms with van der Waals surface area (Å²) in [6.07, 6.45) is 0.560. The van der Waals surface area contributed by atoms with Crippen LogP contribution >= 0.6 is 0 Å².